The van der Waals surface area contributed by atoms with Gasteiger partial charge in [-0.15, -0.1) is 0 Å². The molecular formula is C18H21NO2. The first kappa shape index (κ1) is 15.3. The third-order valence-electron chi connectivity index (χ3n) is 3.44. The van der Waals surface area contributed by atoms with E-state index in [0.717, 1.165) is 5.56 Å². The van der Waals surface area contributed by atoms with Gasteiger partial charge in [0.05, 0.1) is 6.61 Å². The van der Waals surface area contributed by atoms with Gasteiger partial charge in [-0.1, -0.05) is 50.2 Å². The molecule has 21 heavy (non-hydrogen) atoms. The van der Waals surface area contributed by atoms with E-state index in [0.29, 0.717) is 11.5 Å². The minimum absolute atomic E-state index is 0.0500. The molecule has 0 heterocycles. The smallest absolute Gasteiger partial charge is 0.251 e. The lowest BCUT2D eigenvalue weighted by Gasteiger charge is -2.13. The highest BCUT2D eigenvalue weighted by molar-refractivity contribution is 5.94. The first-order valence-corrected chi connectivity index (χ1v) is 7.22. The number of nitrogens with one attached hydrogen (secondary N) is 1. The van der Waals surface area contributed by atoms with Gasteiger partial charge in [0.2, 0.25) is 0 Å². The van der Waals surface area contributed by atoms with Crippen molar-refractivity contribution >= 4 is 5.91 Å². The Kier molecular flexibility index (Phi) is 5.12. The van der Waals surface area contributed by atoms with Gasteiger partial charge in [-0.25, -0.2) is 0 Å². The molecule has 2 aromatic carbocycles. The molecule has 0 aliphatic carbocycles. The Bertz CT molecular complexity index is 603. The third-order valence-corrected chi connectivity index (χ3v) is 3.44. The van der Waals surface area contributed by atoms with E-state index in [2.05, 4.69) is 37.4 Å². The molecule has 0 spiro atoms. The zero-order valence-electron chi connectivity index (χ0n) is 12.5. The number of carbonyl (C=O) groups excluding carboxylic acids is 1. The predicted octanol–water partition coefficient (Wildman–Crippen LogP) is 3.20. The Morgan fingerprint density at radius 1 is 1.10 bits per heavy atom. The topological polar surface area (TPSA) is 49.3 Å². The van der Waals surface area contributed by atoms with E-state index >= 15 is 0 Å². The van der Waals surface area contributed by atoms with Crippen molar-refractivity contribution in [3.63, 3.8) is 0 Å². The minimum atomic E-state index is -0.159. The highest BCUT2D eigenvalue weighted by Crippen LogP contribution is 2.29. The van der Waals surface area contributed by atoms with Gasteiger partial charge >= 0.3 is 0 Å². The SMILES string of the molecule is CC(C)c1ccccc1-c1ccc(C(=O)NCCO)cc1. The normalized spacial score (nSPS) is 10.7. The standard InChI is InChI=1S/C18H21NO2/c1-13(2)16-5-3-4-6-17(16)14-7-9-15(10-8-14)18(21)19-11-12-20/h3-10,13,20H,11-12H2,1-2H3,(H,19,21). The van der Waals surface area contributed by atoms with Crippen molar-refractivity contribution in [3.8, 4) is 11.1 Å². The van der Waals surface area contributed by atoms with Crippen LogP contribution in [0.1, 0.15) is 35.7 Å². The molecule has 0 saturated heterocycles. The maximum absolute atomic E-state index is 11.8. The van der Waals surface area contributed by atoms with Crippen molar-refractivity contribution in [2.24, 2.45) is 0 Å². The maximum atomic E-state index is 11.8. The molecule has 0 aliphatic heterocycles. The number of amides is 1. The fourth-order valence-corrected chi connectivity index (χ4v) is 2.34. The van der Waals surface area contributed by atoms with E-state index in [1.807, 2.05) is 30.3 Å². The van der Waals surface area contributed by atoms with Gasteiger partial charge in [0.25, 0.3) is 5.91 Å². The van der Waals surface area contributed by atoms with Crippen molar-refractivity contribution in [2.45, 2.75) is 19.8 Å². The fourth-order valence-electron chi connectivity index (χ4n) is 2.34. The summed E-state index contributed by atoms with van der Waals surface area (Å²) in [5.74, 6) is 0.293. The summed E-state index contributed by atoms with van der Waals surface area (Å²) < 4.78 is 0. The summed E-state index contributed by atoms with van der Waals surface area (Å²) in [4.78, 5) is 11.8. The monoisotopic (exact) mass is 283 g/mol. The molecule has 0 atom stereocenters. The number of aliphatic hydroxyl groups excluding tert-OH is 1. The molecule has 2 rings (SSSR count). The van der Waals surface area contributed by atoms with E-state index < -0.39 is 0 Å². The summed E-state index contributed by atoms with van der Waals surface area (Å²) in [5, 5.41) is 11.4. The van der Waals surface area contributed by atoms with Crippen molar-refractivity contribution < 1.29 is 9.90 Å². The second kappa shape index (κ2) is 7.04. The van der Waals surface area contributed by atoms with Crippen LogP contribution in [0.15, 0.2) is 48.5 Å². The lowest BCUT2D eigenvalue weighted by molar-refractivity contribution is 0.0945. The molecule has 0 radical (unpaired) electrons. The first-order valence-electron chi connectivity index (χ1n) is 7.22. The Balaban J connectivity index is 2.25. The highest BCUT2D eigenvalue weighted by atomic mass is 16.3. The van der Waals surface area contributed by atoms with Gasteiger partial charge in [-0.2, -0.15) is 0 Å². The Hall–Kier alpha value is -2.13. The van der Waals surface area contributed by atoms with Crippen LogP contribution in [0, 0.1) is 0 Å². The van der Waals surface area contributed by atoms with E-state index in [9.17, 15) is 4.79 Å². The van der Waals surface area contributed by atoms with Crippen LogP contribution in [0.5, 0.6) is 0 Å². The number of hydrogen-bond donors (Lipinski definition) is 2. The summed E-state index contributed by atoms with van der Waals surface area (Å²) >= 11 is 0. The van der Waals surface area contributed by atoms with Crippen LogP contribution in [0.2, 0.25) is 0 Å². The first-order chi connectivity index (χ1) is 10.1. The van der Waals surface area contributed by atoms with E-state index in [4.69, 9.17) is 5.11 Å². The molecule has 0 aromatic heterocycles. The molecule has 110 valence electrons. The van der Waals surface area contributed by atoms with Gasteiger partial charge in [0.15, 0.2) is 0 Å². The molecule has 3 nitrogen and oxygen atoms in total. The number of aliphatic hydroxyl groups is 1. The molecule has 0 bridgehead atoms. The second-order valence-electron chi connectivity index (χ2n) is 5.30. The molecule has 0 unspecified atom stereocenters. The van der Waals surface area contributed by atoms with E-state index in [1.54, 1.807) is 0 Å². The summed E-state index contributed by atoms with van der Waals surface area (Å²) in [7, 11) is 0. The van der Waals surface area contributed by atoms with Crippen LogP contribution in [-0.4, -0.2) is 24.2 Å². The number of carbonyl (C=O) groups is 1. The zero-order valence-corrected chi connectivity index (χ0v) is 12.5. The average molecular weight is 283 g/mol. The van der Waals surface area contributed by atoms with Crippen molar-refractivity contribution in [3.05, 3.63) is 59.7 Å². The van der Waals surface area contributed by atoms with Crippen molar-refractivity contribution in [1.82, 2.24) is 5.32 Å². The highest BCUT2D eigenvalue weighted by Gasteiger charge is 2.09. The Morgan fingerprint density at radius 2 is 1.76 bits per heavy atom. The summed E-state index contributed by atoms with van der Waals surface area (Å²) in [6.45, 7) is 4.58. The van der Waals surface area contributed by atoms with Gasteiger partial charge in [-0.05, 0) is 34.7 Å². The summed E-state index contributed by atoms with van der Waals surface area (Å²) in [6, 6.07) is 15.9. The Morgan fingerprint density at radius 3 is 2.38 bits per heavy atom. The van der Waals surface area contributed by atoms with E-state index in [1.165, 1.54) is 11.1 Å². The van der Waals surface area contributed by atoms with Crippen molar-refractivity contribution in [2.75, 3.05) is 13.2 Å². The molecule has 0 fully saturated rings. The fraction of sp³-hybridized carbons (Fsp3) is 0.278. The molecule has 3 heteroatoms. The van der Waals surface area contributed by atoms with Crippen LogP contribution in [0.25, 0.3) is 11.1 Å². The van der Waals surface area contributed by atoms with E-state index in [-0.39, 0.29) is 19.1 Å². The number of benzene rings is 2. The largest absolute Gasteiger partial charge is 0.395 e. The summed E-state index contributed by atoms with van der Waals surface area (Å²) in [5.41, 5.74) is 4.22. The van der Waals surface area contributed by atoms with Crippen LogP contribution in [-0.2, 0) is 0 Å². The number of hydrogen-bond acceptors (Lipinski definition) is 2. The molecule has 0 aliphatic rings. The van der Waals surface area contributed by atoms with Crippen LogP contribution in [0.4, 0.5) is 0 Å². The third kappa shape index (κ3) is 3.70. The van der Waals surface area contributed by atoms with Crippen LogP contribution < -0.4 is 5.32 Å². The van der Waals surface area contributed by atoms with Gasteiger partial charge < -0.3 is 10.4 Å². The minimum Gasteiger partial charge on any atom is -0.395 e. The summed E-state index contributed by atoms with van der Waals surface area (Å²) in [6.07, 6.45) is 0. The molecular weight excluding hydrogens is 262 g/mol. The molecule has 0 saturated carbocycles. The Labute approximate surface area is 125 Å². The van der Waals surface area contributed by atoms with Crippen LogP contribution in [0.3, 0.4) is 0 Å². The average Bonchev–Trinajstić information content (AvgIpc) is 2.52. The molecule has 1 amide bonds. The van der Waals surface area contributed by atoms with Gasteiger partial charge in [0.1, 0.15) is 0 Å². The zero-order chi connectivity index (χ0) is 15.2. The molecule has 2 N–H and O–H groups in total. The van der Waals surface area contributed by atoms with Gasteiger partial charge in [0, 0.05) is 12.1 Å². The quantitative estimate of drug-likeness (QED) is 0.885. The lowest BCUT2D eigenvalue weighted by atomic mass is 9.92. The predicted molar refractivity (Wildman–Crippen MR) is 85.4 cm³/mol. The maximum Gasteiger partial charge on any atom is 0.251 e. The van der Waals surface area contributed by atoms with Crippen molar-refractivity contribution in [1.29, 1.82) is 0 Å². The second-order valence-corrected chi connectivity index (χ2v) is 5.30. The molecule has 2 aromatic rings. The lowest BCUT2D eigenvalue weighted by Crippen LogP contribution is -2.26. The number of rotatable bonds is 5. The van der Waals surface area contributed by atoms with Gasteiger partial charge in [-0.3, -0.25) is 4.79 Å². The van der Waals surface area contributed by atoms with Crippen LogP contribution >= 0.6 is 0 Å².